The number of amides is 1. The van der Waals surface area contributed by atoms with Crippen LogP contribution in [0.4, 0.5) is 8.78 Å². The highest BCUT2D eigenvalue weighted by Crippen LogP contribution is 2.28. The Morgan fingerprint density at radius 2 is 1.81 bits per heavy atom. The molecule has 2 heterocycles. The number of fused-ring (bicyclic) bond motifs is 1. The van der Waals surface area contributed by atoms with Crippen molar-refractivity contribution in [3.8, 4) is 5.69 Å². The van der Waals surface area contributed by atoms with Crippen molar-refractivity contribution in [2.75, 3.05) is 0 Å². The van der Waals surface area contributed by atoms with E-state index in [1.807, 2.05) is 12.1 Å². The number of nitrogens with zero attached hydrogens (tertiary/aromatic N) is 3. The summed E-state index contributed by atoms with van der Waals surface area (Å²) in [6.07, 6.45) is 4.73. The molecule has 9 heteroatoms. The molecule has 1 aliphatic rings. The molecule has 0 saturated heterocycles. The molecule has 36 heavy (non-hydrogen) atoms. The van der Waals surface area contributed by atoms with Crippen LogP contribution in [-0.4, -0.2) is 26.1 Å². The molecule has 186 valence electrons. The fourth-order valence-electron chi connectivity index (χ4n) is 5.03. The van der Waals surface area contributed by atoms with Gasteiger partial charge in [-0.3, -0.25) is 18.9 Å². The second-order valence-corrected chi connectivity index (χ2v) is 9.73. The smallest absolute Gasteiger partial charge is 0.333 e. The number of aromatic nitrogens is 3. The Balaban J connectivity index is 1.32. The summed E-state index contributed by atoms with van der Waals surface area (Å²) in [6.45, 7) is 2.25. The monoisotopic (exact) mass is 510 g/mol. The van der Waals surface area contributed by atoms with Crippen LogP contribution in [0.5, 0.6) is 0 Å². The molecule has 1 N–H and O–H groups in total. The maximum absolute atomic E-state index is 14.6. The van der Waals surface area contributed by atoms with Crippen molar-refractivity contribution < 1.29 is 13.6 Å². The number of para-hydroxylation sites is 2. The number of carbonyl (C=O) groups excluding carboxylic acids is 1. The lowest BCUT2D eigenvalue weighted by Gasteiger charge is -2.29. The van der Waals surface area contributed by atoms with Crippen LogP contribution < -0.4 is 11.0 Å². The fraction of sp³-hybridized carbons (Fsp3) is 0.296. The van der Waals surface area contributed by atoms with E-state index in [4.69, 9.17) is 11.6 Å². The third-order valence-corrected chi connectivity index (χ3v) is 7.11. The number of aryl methyl sites for hydroxylation is 1. The second kappa shape index (κ2) is 9.85. The van der Waals surface area contributed by atoms with Crippen LogP contribution >= 0.6 is 11.6 Å². The van der Waals surface area contributed by atoms with E-state index in [-0.39, 0.29) is 29.2 Å². The molecule has 1 fully saturated rings. The van der Waals surface area contributed by atoms with Crippen molar-refractivity contribution in [3.05, 3.63) is 93.1 Å². The average molecular weight is 511 g/mol. The first kappa shape index (κ1) is 24.2. The van der Waals surface area contributed by atoms with Gasteiger partial charge in [-0.25, -0.2) is 13.6 Å². The van der Waals surface area contributed by atoms with Crippen molar-refractivity contribution in [3.63, 3.8) is 0 Å². The lowest BCUT2D eigenvalue weighted by molar-refractivity contribution is 0.0919. The van der Waals surface area contributed by atoms with Crippen molar-refractivity contribution in [2.45, 2.75) is 45.2 Å². The molecule has 1 saturated carbocycles. The van der Waals surface area contributed by atoms with Gasteiger partial charge in [0.2, 0.25) is 0 Å². The summed E-state index contributed by atoms with van der Waals surface area (Å²) in [4.78, 5) is 30.3. The zero-order valence-corrected chi connectivity index (χ0v) is 20.4. The third-order valence-electron chi connectivity index (χ3n) is 6.91. The molecule has 5 rings (SSSR count). The van der Waals surface area contributed by atoms with Gasteiger partial charge in [0.1, 0.15) is 11.6 Å². The molecule has 0 unspecified atom stereocenters. The Morgan fingerprint density at radius 3 is 2.53 bits per heavy atom. The van der Waals surface area contributed by atoms with Gasteiger partial charge in [0.25, 0.3) is 5.91 Å². The lowest BCUT2D eigenvalue weighted by atomic mass is 9.85. The van der Waals surface area contributed by atoms with Crippen LogP contribution in [-0.2, 0) is 6.54 Å². The molecule has 1 aliphatic carbocycles. The van der Waals surface area contributed by atoms with Crippen LogP contribution in [0.25, 0.3) is 16.7 Å². The van der Waals surface area contributed by atoms with Gasteiger partial charge in [-0.15, -0.1) is 0 Å². The minimum absolute atomic E-state index is 0.0218. The van der Waals surface area contributed by atoms with E-state index in [1.54, 1.807) is 29.7 Å². The van der Waals surface area contributed by atoms with E-state index in [1.165, 1.54) is 16.8 Å². The van der Waals surface area contributed by atoms with Crippen molar-refractivity contribution in [1.82, 2.24) is 19.4 Å². The molecule has 0 radical (unpaired) electrons. The largest absolute Gasteiger partial charge is 0.349 e. The second-order valence-electron chi connectivity index (χ2n) is 9.29. The summed E-state index contributed by atoms with van der Waals surface area (Å²) in [6, 6.07) is 12.1. The Morgan fingerprint density at radius 1 is 1.08 bits per heavy atom. The summed E-state index contributed by atoms with van der Waals surface area (Å²) >= 11 is 6.00. The molecular weight excluding hydrogens is 486 g/mol. The van der Waals surface area contributed by atoms with Gasteiger partial charge in [-0.1, -0.05) is 23.7 Å². The van der Waals surface area contributed by atoms with E-state index in [0.29, 0.717) is 33.9 Å². The quantitative estimate of drug-likeness (QED) is 0.390. The first-order valence-electron chi connectivity index (χ1n) is 11.9. The lowest BCUT2D eigenvalue weighted by Crippen LogP contribution is -2.39. The number of nitrogens with one attached hydrogen (secondary N) is 1. The summed E-state index contributed by atoms with van der Waals surface area (Å²) in [5.74, 6) is -1.45. The molecular formula is C27H25ClF2N4O2. The number of hydrogen-bond donors (Lipinski definition) is 1. The van der Waals surface area contributed by atoms with E-state index in [9.17, 15) is 18.4 Å². The molecule has 1 amide bonds. The van der Waals surface area contributed by atoms with E-state index >= 15 is 0 Å². The van der Waals surface area contributed by atoms with Crippen molar-refractivity contribution in [1.29, 1.82) is 0 Å². The highest BCUT2D eigenvalue weighted by Gasteiger charge is 2.26. The summed E-state index contributed by atoms with van der Waals surface area (Å²) in [5.41, 5.74) is 2.02. The van der Waals surface area contributed by atoms with Gasteiger partial charge in [0.15, 0.2) is 0 Å². The van der Waals surface area contributed by atoms with Crippen LogP contribution in [0.15, 0.2) is 59.5 Å². The summed E-state index contributed by atoms with van der Waals surface area (Å²) < 4.78 is 31.0. The maximum atomic E-state index is 14.6. The van der Waals surface area contributed by atoms with E-state index in [2.05, 4.69) is 10.3 Å². The van der Waals surface area contributed by atoms with Gasteiger partial charge in [0, 0.05) is 24.8 Å². The Bertz CT molecular complexity index is 1510. The van der Waals surface area contributed by atoms with Crippen LogP contribution in [0.1, 0.15) is 41.7 Å². The molecule has 2 aromatic heterocycles. The molecule has 2 aromatic carbocycles. The van der Waals surface area contributed by atoms with Crippen molar-refractivity contribution in [2.24, 2.45) is 5.92 Å². The number of imidazole rings is 1. The SMILES string of the molecule is Cc1ncc(Cl)cc1C(=O)N[C@H]1CC[C@H](Cn2c(=O)n(-c3ccc(F)cc3F)c3ccccc32)CC1. The Labute approximate surface area is 211 Å². The average Bonchev–Trinajstić information content (AvgIpc) is 3.13. The number of benzene rings is 2. The van der Waals surface area contributed by atoms with Gasteiger partial charge >= 0.3 is 5.69 Å². The molecule has 0 atom stereocenters. The zero-order valence-electron chi connectivity index (χ0n) is 19.7. The van der Waals surface area contributed by atoms with Gasteiger partial charge < -0.3 is 5.32 Å². The highest BCUT2D eigenvalue weighted by molar-refractivity contribution is 6.30. The van der Waals surface area contributed by atoms with Crippen LogP contribution in [0.2, 0.25) is 5.02 Å². The number of rotatable bonds is 5. The number of halogens is 3. The Kier molecular flexibility index (Phi) is 6.62. The van der Waals surface area contributed by atoms with Gasteiger partial charge in [0.05, 0.1) is 33.0 Å². The van der Waals surface area contributed by atoms with E-state index in [0.717, 1.165) is 37.8 Å². The topological polar surface area (TPSA) is 68.9 Å². The number of carbonyl (C=O) groups is 1. The van der Waals surface area contributed by atoms with Crippen LogP contribution in [0.3, 0.4) is 0 Å². The number of pyridine rings is 1. The third kappa shape index (κ3) is 4.65. The summed E-state index contributed by atoms with van der Waals surface area (Å²) in [7, 11) is 0. The molecule has 0 spiro atoms. The first-order chi connectivity index (χ1) is 17.3. The Hall–Kier alpha value is -3.52. The van der Waals surface area contributed by atoms with Gasteiger partial charge in [-0.2, -0.15) is 0 Å². The molecule has 6 nitrogen and oxygen atoms in total. The number of hydrogen-bond acceptors (Lipinski definition) is 3. The van der Waals surface area contributed by atoms with E-state index < -0.39 is 11.6 Å². The minimum Gasteiger partial charge on any atom is -0.349 e. The maximum Gasteiger partial charge on any atom is 0.333 e. The predicted octanol–water partition coefficient (Wildman–Crippen LogP) is 5.42. The summed E-state index contributed by atoms with van der Waals surface area (Å²) in [5, 5.41) is 3.50. The molecule has 0 bridgehead atoms. The minimum atomic E-state index is -0.790. The standard InChI is InChI=1S/C27H25ClF2N4O2/c1-16-21(12-18(28)14-31-16)26(35)32-20-9-6-17(7-10-20)15-33-24-4-2-3-5-25(24)34(27(33)36)23-11-8-19(29)13-22(23)30/h2-5,8,11-14,17,20H,6-7,9-10,15H2,1H3,(H,32,35)/t17-,20-. The molecule has 4 aromatic rings. The normalized spacial score (nSPS) is 17.9. The highest BCUT2D eigenvalue weighted by atomic mass is 35.5. The van der Waals surface area contributed by atoms with Crippen molar-refractivity contribution >= 4 is 28.5 Å². The molecule has 0 aliphatic heterocycles. The first-order valence-corrected chi connectivity index (χ1v) is 12.3. The zero-order chi connectivity index (χ0) is 25.4. The van der Waals surface area contributed by atoms with Gasteiger partial charge in [-0.05, 0) is 68.9 Å². The fourth-order valence-corrected chi connectivity index (χ4v) is 5.19. The predicted molar refractivity (Wildman–Crippen MR) is 135 cm³/mol. The van der Waals surface area contributed by atoms with Crippen LogP contribution in [0, 0.1) is 24.5 Å².